The van der Waals surface area contributed by atoms with E-state index >= 15 is 0 Å². The third kappa shape index (κ3) is 2.55. The Hall–Kier alpha value is -2.86. The van der Waals surface area contributed by atoms with Crippen LogP contribution in [0.25, 0.3) is 11.8 Å². The molecule has 3 heterocycles. The van der Waals surface area contributed by atoms with Crippen molar-refractivity contribution >= 4 is 34.7 Å². The van der Waals surface area contributed by atoms with Gasteiger partial charge in [-0.25, -0.2) is 0 Å². The highest BCUT2D eigenvalue weighted by atomic mass is 32.2. The van der Waals surface area contributed by atoms with Gasteiger partial charge >= 0.3 is 0 Å². The minimum absolute atomic E-state index is 0.167. The fourth-order valence-electron chi connectivity index (χ4n) is 3.09. The van der Waals surface area contributed by atoms with Crippen LogP contribution < -0.4 is 0 Å². The number of aliphatic imine (C=N–C) groups is 1. The monoisotopic (exact) mass is 348 g/mol. The van der Waals surface area contributed by atoms with Gasteiger partial charge in [0, 0.05) is 23.3 Å². The van der Waals surface area contributed by atoms with Crippen molar-refractivity contribution in [2.24, 2.45) is 4.99 Å². The van der Waals surface area contributed by atoms with Gasteiger partial charge in [0.2, 0.25) is 0 Å². The summed E-state index contributed by atoms with van der Waals surface area (Å²) in [6.07, 6.45) is 3.53. The number of benzene rings is 1. The van der Waals surface area contributed by atoms with Gasteiger partial charge in [0.25, 0.3) is 5.91 Å². The summed E-state index contributed by atoms with van der Waals surface area (Å²) in [4.78, 5) is 18.1. The summed E-state index contributed by atoms with van der Waals surface area (Å²) >= 11 is 1.35. The smallest absolute Gasteiger partial charge is 0.283 e. The first kappa shape index (κ1) is 15.7. The number of aryl methyl sites for hydroxylation is 1. The number of thioether (sulfide) groups is 1. The fraction of sp³-hybridized carbons (Fsp3) is 0.105. The maximum absolute atomic E-state index is 12.4. The maximum Gasteiger partial charge on any atom is 0.283 e. The van der Waals surface area contributed by atoms with Crippen LogP contribution in [0.3, 0.4) is 0 Å². The Morgan fingerprint density at radius 3 is 2.72 bits per heavy atom. The van der Waals surface area contributed by atoms with E-state index in [0.717, 1.165) is 22.6 Å². The summed E-state index contributed by atoms with van der Waals surface area (Å²) in [5, 5.41) is 10.7. The van der Waals surface area contributed by atoms with Crippen LogP contribution in [0.1, 0.15) is 17.0 Å². The number of amidine groups is 2. The van der Waals surface area contributed by atoms with Crippen LogP contribution in [0.4, 0.5) is 0 Å². The van der Waals surface area contributed by atoms with Gasteiger partial charge < -0.3 is 4.57 Å². The van der Waals surface area contributed by atoms with Gasteiger partial charge in [-0.2, -0.15) is 4.99 Å². The van der Waals surface area contributed by atoms with Crippen molar-refractivity contribution in [3.8, 4) is 5.69 Å². The second kappa shape index (κ2) is 5.89. The third-order valence-corrected chi connectivity index (χ3v) is 5.05. The zero-order chi connectivity index (χ0) is 17.6. The number of fused-ring (bicyclic) bond motifs is 1. The summed E-state index contributed by atoms with van der Waals surface area (Å²) in [7, 11) is 0. The van der Waals surface area contributed by atoms with Crippen LogP contribution in [0.5, 0.6) is 0 Å². The van der Waals surface area contributed by atoms with Crippen LogP contribution in [0.2, 0.25) is 0 Å². The molecule has 6 heteroatoms. The normalized spacial score (nSPS) is 18.1. The number of nitrogens with zero attached hydrogens (tertiary/aromatic N) is 3. The molecule has 0 aliphatic carbocycles. The Labute approximate surface area is 149 Å². The third-order valence-electron chi connectivity index (χ3n) is 4.30. The van der Waals surface area contributed by atoms with Gasteiger partial charge in [0.1, 0.15) is 5.84 Å². The molecular formula is C19H16N4OS. The van der Waals surface area contributed by atoms with Crippen molar-refractivity contribution < 1.29 is 4.79 Å². The highest BCUT2D eigenvalue weighted by Gasteiger charge is 2.31. The van der Waals surface area contributed by atoms with Gasteiger partial charge in [0.05, 0.1) is 5.57 Å². The molecule has 1 N–H and O–H groups in total. The molecule has 124 valence electrons. The number of aromatic nitrogens is 1. The summed E-state index contributed by atoms with van der Waals surface area (Å²) in [5.41, 5.74) is 4.41. The molecule has 0 radical (unpaired) electrons. The van der Waals surface area contributed by atoms with Crippen LogP contribution in [0.15, 0.2) is 58.6 Å². The molecule has 0 unspecified atom stereocenters. The molecule has 4 rings (SSSR count). The van der Waals surface area contributed by atoms with Crippen LogP contribution >= 0.6 is 11.8 Å². The van der Waals surface area contributed by atoms with Crippen molar-refractivity contribution in [1.29, 1.82) is 5.41 Å². The molecule has 1 amide bonds. The number of hydrogen-bond donors (Lipinski definition) is 1. The molecule has 1 aromatic heterocycles. The molecule has 25 heavy (non-hydrogen) atoms. The van der Waals surface area contributed by atoms with E-state index in [4.69, 9.17) is 5.41 Å². The lowest BCUT2D eigenvalue weighted by atomic mass is 10.1. The first-order valence-electron chi connectivity index (χ1n) is 7.87. The van der Waals surface area contributed by atoms with Crippen molar-refractivity contribution in [3.63, 3.8) is 0 Å². The second-order valence-corrected chi connectivity index (χ2v) is 6.75. The van der Waals surface area contributed by atoms with Gasteiger partial charge in [-0.05, 0) is 49.1 Å². The van der Waals surface area contributed by atoms with E-state index in [0.29, 0.717) is 10.7 Å². The predicted octanol–water partition coefficient (Wildman–Crippen LogP) is 3.87. The van der Waals surface area contributed by atoms with Crippen LogP contribution in [0, 0.1) is 19.3 Å². The van der Waals surface area contributed by atoms with Gasteiger partial charge in [-0.1, -0.05) is 30.0 Å². The Bertz CT molecular complexity index is 982. The fourth-order valence-corrected chi connectivity index (χ4v) is 3.80. The molecule has 0 saturated carbocycles. The molecule has 2 aromatic rings. The minimum Gasteiger partial charge on any atom is -0.318 e. The SMILES string of the molecule is Cc1cc(C=C2C(=N)N3C=CSC3=NC2=O)c(C)n1-c1ccccc1. The van der Waals surface area contributed by atoms with Crippen molar-refractivity contribution in [2.75, 3.05) is 0 Å². The molecule has 0 bridgehead atoms. The number of nitrogens with one attached hydrogen (secondary N) is 1. The maximum atomic E-state index is 12.4. The standard InChI is InChI=1S/C19H16N4OS/c1-12-10-14(13(2)23(12)15-6-4-3-5-7-15)11-16-17(20)22-8-9-25-19(22)21-18(16)24/h3-11,20H,1-2H3. The highest BCUT2D eigenvalue weighted by molar-refractivity contribution is 8.16. The topological polar surface area (TPSA) is 61.5 Å². The molecular weight excluding hydrogens is 332 g/mol. The van der Waals surface area contributed by atoms with Gasteiger partial charge in [-0.15, -0.1) is 0 Å². The van der Waals surface area contributed by atoms with E-state index in [9.17, 15) is 4.79 Å². The molecule has 2 aliphatic rings. The first-order valence-corrected chi connectivity index (χ1v) is 8.75. The Morgan fingerprint density at radius 2 is 1.96 bits per heavy atom. The van der Waals surface area contributed by atoms with Crippen LogP contribution in [-0.2, 0) is 4.79 Å². The number of para-hydroxylation sites is 1. The summed E-state index contributed by atoms with van der Waals surface area (Å²) < 4.78 is 2.14. The molecule has 0 spiro atoms. The lowest BCUT2D eigenvalue weighted by molar-refractivity contribution is -0.114. The number of amides is 1. The highest BCUT2D eigenvalue weighted by Crippen LogP contribution is 2.29. The molecule has 0 fully saturated rings. The average molecular weight is 348 g/mol. The summed E-state index contributed by atoms with van der Waals surface area (Å²) in [6.45, 7) is 4.05. The molecule has 0 saturated heterocycles. The number of carbonyl (C=O) groups excluding carboxylic acids is 1. The second-order valence-electron chi connectivity index (χ2n) is 5.88. The van der Waals surface area contributed by atoms with Gasteiger partial charge in [-0.3, -0.25) is 15.1 Å². The van der Waals surface area contributed by atoms with Gasteiger partial charge in [0.15, 0.2) is 5.17 Å². The zero-order valence-corrected chi connectivity index (χ0v) is 14.7. The van der Waals surface area contributed by atoms with E-state index in [1.807, 2.05) is 55.7 Å². The Kier molecular flexibility index (Phi) is 3.69. The predicted molar refractivity (Wildman–Crippen MR) is 102 cm³/mol. The van der Waals surface area contributed by atoms with E-state index in [1.54, 1.807) is 17.2 Å². The zero-order valence-electron chi connectivity index (χ0n) is 13.9. The lowest BCUT2D eigenvalue weighted by Crippen LogP contribution is -2.35. The molecule has 0 atom stereocenters. The Balaban J connectivity index is 1.79. The number of hydrogen-bond acceptors (Lipinski definition) is 3. The number of rotatable bonds is 2. The van der Waals surface area contributed by atoms with E-state index in [2.05, 4.69) is 9.56 Å². The van der Waals surface area contributed by atoms with E-state index in [1.165, 1.54) is 11.8 Å². The van der Waals surface area contributed by atoms with E-state index in [-0.39, 0.29) is 11.7 Å². The minimum atomic E-state index is -0.364. The average Bonchev–Trinajstić information content (AvgIpc) is 3.17. The first-order chi connectivity index (χ1) is 12.1. The Morgan fingerprint density at radius 1 is 1.20 bits per heavy atom. The molecule has 2 aliphatic heterocycles. The quantitative estimate of drug-likeness (QED) is 0.838. The lowest BCUT2D eigenvalue weighted by Gasteiger charge is -2.22. The van der Waals surface area contributed by atoms with Crippen LogP contribution in [-0.4, -0.2) is 26.4 Å². The number of carbonyl (C=O) groups is 1. The summed E-state index contributed by atoms with van der Waals surface area (Å²) in [6, 6.07) is 12.1. The molecule has 5 nitrogen and oxygen atoms in total. The largest absolute Gasteiger partial charge is 0.318 e. The molecule has 1 aromatic carbocycles. The van der Waals surface area contributed by atoms with Crippen molar-refractivity contribution in [1.82, 2.24) is 9.47 Å². The van der Waals surface area contributed by atoms with E-state index < -0.39 is 0 Å². The van der Waals surface area contributed by atoms with Crippen molar-refractivity contribution in [2.45, 2.75) is 13.8 Å². The summed E-state index contributed by atoms with van der Waals surface area (Å²) in [5.74, 6) is -0.197. The van der Waals surface area contributed by atoms with Crippen molar-refractivity contribution in [3.05, 3.63) is 70.5 Å².